The van der Waals surface area contributed by atoms with Gasteiger partial charge in [-0.1, -0.05) is 29.8 Å². The van der Waals surface area contributed by atoms with Gasteiger partial charge >= 0.3 is 0 Å². The van der Waals surface area contributed by atoms with E-state index in [1.165, 1.54) is 11.3 Å². The Morgan fingerprint density at radius 3 is 2.83 bits per heavy atom. The van der Waals surface area contributed by atoms with Gasteiger partial charge < -0.3 is 4.74 Å². The van der Waals surface area contributed by atoms with Crippen LogP contribution in [-0.2, 0) is 9.53 Å². The van der Waals surface area contributed by atoms with Crippen LogP contribution in [0.2, 0.25) is 5.02 Å². The minimum atomic E-state index is -0.930. The largest absolute Gasteiger partial charge is 0.367 e. The number of nitrogens with zero attached hydrogens (tertiary/aromatic N) is 2. The third-order valence-corrected chi connectivity index (χ3v) is 4.35. The van der Waals surface area contributed by atoms with Gasteiger partial charge in [-0.05, 0) is 19.1 Å². The first-order valence-corrected chi connectivity index (χ1v) is 8.19. The summed E-state index contributed by atoms with van der Waals surface area (Å²) in [5.41, 5.74) is 1.60. The number of carbonyl (C=O) groups excluding carboxylic acids is 1. The van der Waals surface area contributed by atoms with Crippen LogP contribution in [0.1, 0.15) is 17.8 Å². The van der Waals surface area contributed by atoms with Crippen molar-refractivity contribution in [1.82, 2.24) is 4.98 Å². The summed E-state index contributed by atoms with van der Waals surface area (Å²) in [5, 5.41) is 12.3. The van der Waals surface area contributed by atoms with Crippen molar-refractivity contribution in [3.05, 3.63) is 52.3 Å². The third-order valence-electron chi connectivity index (χ3n) is 3.19. The average molecular weight is 347 g/mol. The zero-order chi connectivity index (χ0) is 16.8. The number of carbonyl (C=O) groups is 1. The lowest BCUT2D eigenvalue weighted by atomic mass is 10.0. The number of halogens is 1. The van der Waals surface area contributed by atoms with Gasteiger partial charge in [0.2, 0.25) is 0 Å². The zero-order valence-electron chi connectivity index (χ0n) is 12.5. The smallest absolute Gasteiger partial charge is 0.185 e. The number of benzene rings is 1. The second-order valence-electron chi connectivity index (χ2n) is 4.81. The molecular formula is C17H15ClN2O2S. The minimum absolute atomic E-state index is 0.263. The molecule has 0 bridgehead atoms. The fourth-order valence-electron chi connectivity index (χ4n) is 1.94. The molecule has 0 amide bonds. The van der Waals surface area contributed by atoms with Gasteiger partial charge in [-0.3, -0.25) is 4.79 Å². The number of thiazole rings is 1. The first-order chi connectivity index (χ1) is 11.1. The van der Waals surface area contributed by atoms with E-state index in [-0.39, 0.29) is 12.4 Å². The van der Waals surface area contributed by atoms with Crippen LogP contribution in [0.25, 0.3) is 11.3 Å². The molecule has 0 radical (unpaired) electrons. The highest BCUT2D eigenvalue weighted by Gasteiger charge is 2.28. The molecule has 0 N–H and O–H groups in total. The maximum Gasteiger partial charge on any atom is 0.185 e. The molecule has 2 atom stereocenters. The molecule has 4 nitrogen and oxygen atoms in total. The van der Waals surface area contributed by atoms with Crippen molar-refractivity contribution in [2.75, 3.05) is 6.61 Å². The zero-order valence-corrected chi connectivity index (χ0v) is 14.1. The lowest BCUT2D eigenvalue weighted by Crippen LogP contribution is -2.26. The van der Waals surface area contributed by atoms with Crippen molar-refractivity contribution in [3.63, 3.8) is 0 Å². The third kappa shape index (κ3) is 4.26. The second kappa shape index (κ2) is 8.02. The Balaban J connectivity index is 2.20. The molecule has 0 aliphatic heterocycles. The highest BCUT2D eigenvalue weighted by atomic mass is 35.5. The molecule has 2 unspecified atom stereocenters. The molecular weight excluding hydrogens is 332 g/mol. The fourth-order valence-corrected chi connectivity index (χ4v) is 2.95. The summed E-state index contributed by atoms with van der Waals surface area (Å²) < 4.78 is 5.31. The van der Waals surface area contributed by atoms with Gasteiger partial charge in [0, 0.05) is 16.0 Å². The fraction of sp³-hybridized carbons (Fsp3) is 0.235. The molecule has 23 heavy (non-hydrogen) atoms. The lowest BCUT2D eigenvalue weighted by Gasteiger charge is -2.12. The minimum Gasteiger partial charge on any atom is -0.367 e. The highest BCUT2D eigenvalue weighted by Crippen LogP contribution is 2.28. The number of rotatable bonds is 7. The summed E-state index contributed by atoms with van der Waals surface area (Å²) in [7, 11) is 0. The SMILES string of the molecule is C=CCOC(C)C(=O)C(C#N)c1nc(-c2ccc(Cl)cc2)cs1. The predicted molar refractivity (Wildman–Crippen MR) is 91.5 cm³/mol. The molecule has 0 aliphatic carbocycles. The van der Waals surface area contributed by atoms with Gasteiger partial charge in [-0.15, -0.1) is 17.9 Å². The van der Waals surface area contributed by atoms with E-state index in [1.807, 2.05) is 23.6 Å². The van der Waals surface area contributed by atoms with E-state index >= 15 is 0 Å². The second-order valence-corrected chi connectivity index (χ2v) is 6.13. The molecule has 0 fully saturated rings. The number of ether oxygens (including phenoxy) is 1. The Hall–Kier alpha value is -2.00. The van der Waals surface area contributed by atoms with E-state index in [4.69, 9.17) is 16.3 Å². The van der Waals surface area contributed by atoms with E-state index in [1.54, 1.807) is 25.1 Å². The van der Waals surface area contributed by atoms with Crippen LogP contribution in [0.4, 0.5) is 0 Å². The maximum absolute atomic E-state index is 12.3. The van der Waals surface area contributed by atoms with E-state index in [2.05, 4.69) is 11.6 Å². The molecule has 0 saturated heterocycles. The molecule has 118 valence electrons. The number of hydrogen-bond donors (Lipinski definition) is 0. The summed E-state index contributed by atoms with van der Waals surface area (Å²) in [5.74, 6) is -1.23. The quantitative estimate of drug-likeness (QED) is 0.704. The van der Waals surface area contributed by atoms with Crippen molar-refractivity contribution in [1.29, 1.82) is 5.26 Å². The predicted octanol–water partition coefficient (Wildman–Crippen LogP) is 4.23. The van der Waals surface area contributed by atoms with Crippen LogP contribution in [-0.4, -0.2) is 23.5 Å². The molecule has 0 spiro atoms. The molecule has 1 heterocycles. The summed E-state index contributed by atoms with van der Waals surface area (Å²) >= 11 is 7.16. The Morgan fingerprint density at radius 2 is 2.22 bits per heavy atom. The van der Waals surface area contributed by atoms with Crippen LogP contribution >= 0.6 is 22.9 Å². The number of nitriles is 1. The Morgan fingerprint density at radius 1 is 1.52 bits per heavy atom. The van der Waals surface area contributed by atoms with Crippen LogP contribution in [0.3, 0.4) is 0 Å². The topological polar surface area (TPSA) is 63.0 Å². The Kier molecular flexibility index (Phi) is 6.05. The lowest BCUT2D eigenvalue weighted by molar-refractivity contribution is -0.129. The molecule has 2 aromatic rings. The molecule has 1 aromatic carbocycles. The van der Waals surface area contributed by atoms with Crippen molar-refractivity contribution >= 4 is 28.7 Å². The van der Waals surface area contributed by atoms with Crippen LogP contribution < -0.4 is 0 Å². The van der Waals surface area contributed by atoms with E-state index in [9.17, 15) is 10.1 Å². The van der Waals surface area contributed by atoms with Gasteiger partial charge in [-0.25, -0.2) is 4.98 Å². The summed E-state index contributed by atoms with van der Waals surface area (Å²) in [4.78, 5) is 16.8. The van der Waals surface area contributed by atoms with Gasteiger partial charge in [0.05, 0.1) is 18.4 Å². The number of Topliss-reactive ketones (excluding diaryl/α,β-unsaturated/α-hetero) is 1. The molecule has 2 rings (SSSR count). The van der Waals surface area contributed by atoms with E-state index in [0.717, 1.165) is 11.3 Å². The molecule has 1 aromatic heterocycles. The standard InChI is InChI=1S/C17H15ClN2O2S/c1-3-8-22-11(2)16(21)14(9-19)17-20-15(10-23-17)12-4-6-13(18)7-5-12/h3-7,10-11,14H,1,8H2,2H3. The van der Waals surface area contributed by atoms with Gasteiger partial charge in [0.15, 0.2) is 11.7 Å². The van der Waals surface area contributed by atoms with Crippen LogP contribution in [0.15, 0.2) is 42.3 Å². The Bertz CT molecular complexity index is 734. The number of aromatic nitrogens is 1. The van der Waals surface area contributed by atoms with Gasteiger partial charge in [0.1, 0.15) is 11.1 Å². The summed E-state index contributed by atoms with van der Waals surface area (Å²) in [6.07, 6.45) is 0.883. The van der Waals surface area contributed by atoms with Crippen molar-refractivity contribution in [2.45, 2.75) is 18.9 Å². The number of ketones is 1. The molecule has 0 saturated carbocycles. The van der Waals surface area contributed by atoms with Crippen molar-refractivity contribution in [3.8, 4) is 17.3 Å². The number of hydrogen-bond acceptors (Lipinski definition) is 5. The average Bonchev–Trinajstić information content (AvgIpc) is 3.03. The molecule has 0 aliphatic rings. The first kappa shape index (κ1) is 17.4. The monoisotopic (exact) mass is 346 g/mol. The van der Waals surface area contributed by atoms with E-state index < -0.39 is 12.0 Å². The normalized spacial score (nSPS) is 13.1. The van der Waals surface area contributed by atoms with Gasteiger partial charge in [0.25, 0.3) is 0 Å². The highest BCUT2D eigenvalue weighted by molar-refractivity contribution is 7.10. The van der Waals surface area contributed by atoms with Crippen molar-refractivity contribution in [2.24, 2.45) is 0 Å². The molecule has 6 heteroatoms. The Labute approximate surface area is 144 Å². The van der Waals surface area contributed by atoms with Gasteiger partial charge in [-0.2, -0.15) is 5.26 Å². The van der Waals surface area contributed by atoms with Crippen molar-refractivity contribution < 1.29 is 9.53 Å². The maximum atomic E-state index is 12.3. The van der Waals surface area contributed by atoms with E-state index in [0.29, 0.717) is 10.0 Å². The van der Waals surface area contributed by atoms with Crippen LogP contribution in [0, 0.1) is 11.3 Å². The van der Waals surface area contributed by atoms with Crippen LogP contribution in [0.5, 0.6) is 0 Å². The summed E-state index contributed by atoms with van der Waals surface area (Å²) in [6.45, 7) is 5.43. The first-order valence-electron chi connectivity index (χ1n) is 6.94. The summed E-state index contributed by atoms with van der Waals surface area (Å²) in [6, 6.07) is 9.26.